The first-order valence-corrected chi connectivity index (χ1v) is 6.01. The fraction of sp³-hybridized carbons (Fsp3) is 0.267. The number of hydrogen-bond donors (Lipinski definition) is 1. The van der Waals surface area contributed by atoms with E-state index in [1.807, 2.05) is 12.3 Å². The van der Waals surface area contributed by atoms with Gasteiger partial charge < -0.3 is 5.73 Å². The minimum atomic E-state index is 0.511. The molecule has 0 saturated carbocycles. The highest BCUT2D eigenvalue weighted by Gasteiger charge is 2.05. The first-order valence-electron chi connectivity index (χ1n) is 6.01. The topological polar surface area (TPSA) is 38.9 Å². The van der Waals surface area contributed by atoms with Crippen LogP contribution in [0, 0.1) is 0 Å². The molecular formula is C15H18N2. The van der Waals surface area contributed by atoms with E-state index in [9.17, 15) is 0 Å². The number of nitrogens with zero attached hydrogens (tertiary/aromatic N) is 1. The molecule has 88 valence electrons. The van der Waals surface area contributed by atoms with Crippen LogP contribution in [0.5, 0.6) is 0 Å². The Balaban J connectivity index is 2.29. The molecule has 0 fully saturated rings. The average molecular weight is 226 g/mol. The standard InChI is InChI=1S/C15H18N2/c1-12(7-8-16)13-4-2-5-14(10-13)15-6-3-9-17-11-15/h2-6,9-12H,7-8,16H2,1H3. The summed E-state index contributed by atoms with van der Waals surface area (Å²) in [4.78, 5) is 4.15. The molecule has 0 amide bonds. The van der Waals surface area contributed by atoms with Crippen molar-refractivity contribution in [2.75, 3.05) is 6.54 Å². The van der Waals surface area contributed by atoms with Gasteiger partial charge in [-0.25, -0.2) is 0 Å². The van der Waals surface area contributed by atoms with Crippen molar-refractivity contribution in [2.45, 2.75) is 19.3 Å². The van der Waals surface area contributed by atoms with Gasteiger partial charge in [-0.15, -0.1) is 0 Å². The average Bonchev–Trinajstić information content (AvgIpc) is 2.40. The van der Waals surface area contributed by atoms with Gasteiger partial charge in [-0.1, -0.05) is 37.3 Å². The van der Waals surface area contributed by atoms with Gasteiger partial charge in [-0.3, -0.25) is 4.98 Å². The molecule has 2 nitrogen and oxygen atoms in total. The van der Waals surface area contributed by atoms with Crippen molar-refractivity contribution in [3.8, 4) is 11.1 Å². The molecule has 2 aromatic rings. The maximum absolute atomic E-state index is 5.61. The molecule has 2 rings (SSSR count). The Kier molecular flexibility index (Phi) is 3.89. The fourth-order valence-corrected chi connectivity index (χ4v) is 1.97. The summed E-state index contributed by atoms with van der Waals surface area (Å²) >= 11 is 0. The zero-order valence-electron chi connectivity index (χ0n) is 10.1. The van der Waals surface area contributed by atoms with Gasteiger partial charge in [0.1, 0.15) is 0 Å². The third-order valence-corrected chi connectivity index (χ3v) is 3.05. The number of aromatic nitrogens is 1. The summed E-state index contributed by atoms with van der Waals surface area (Å²) in [6.07, 6.45) is 4.72. The summed E-state index contributed by atoms with van der Waals surface area (Å²) < 4.78 is 0. The Morgan fingerprint density at radius 2 is 2.00 bits per heavy atom. The zero-order valence-corrected chi connectivity index (χ0v) is 10.1. The molecule has 0 radical (unpaired) electrons. The van der Waals surface area contributed by atoms with E-state index < -0.39 is 0 Å². The van der Waals surface area contributed by atoms with Crippen molar-refractivity contribution in [3.05, 3.63) is 54.4 Å². The normalized spacial score (nSPS) is 12.4. The van der Waals surface area contributed by atoms with E-state index in [1.54, 1.807) is 6.20 Å². The third-order valence-electron chi connectivity index (χ3n) is 3.05. The van der Waals surface area contributed by atoms with Crippen LogP contribution in [0.15, 0.2) is 48.8 Å². The van der Waals surface area contributed by atoms with Crippen LogP contribution in [-0.4, -0.2) is 11.5 Å². The lowest BCUT2D eigenvalue weighted by Gasteiger charge is -2.12. The van der Waals surface area contributed by atoms with Gasteiger partial charge in [-0.05, 0) is 41.6 Å². The van der Waals surface area contributed by atoms with Crippen molar-refractivity contribution in [1.82, 2.24) is 4.98 Å². The molecule has 2 N–H and O–H groups in total. The highest BCUT2D eigenvalue weighted by molar-refractivity contribution is 5.63. The van der Waals surface area contributed by atoms with Gasteiger partial charge in [0.05, 0.1) is 0 Å². The molecular weight excluding hydrogens is 208 g/mol. The van der Waals surface area contributed by atoms with E-state index >= 15 is 0 Å². The van der Waals surface area contributed by atoms with Gasteiger partial charge in [0.25, 0.3) is 0 Å². The monoisotopic (exact) mass is 226 g/mol. The van der Waals surface area contributed by atoms with Crippen LogP contribution in [0.4, 0.5) is 0 Å². The number of nitrogens with two attached hydrogens (primary N) is 1. The second-order valence-electron chi connectivity index (χ2n) is 4.35. The van der Waals surface area contributed by atoms with Crippen molar-refractivity contribution >= 4 is 0 Å². The largest absolute Gasteiger partial charge is 0.330 e. The zero-order chi connectivity index (χ0) is 12.1. The summed E-state index contributed by atoms with van der Waals surface area (Å²) in [5.41, 5.74) is 9.33. The quantitative estimate of drug-likeness (QED) is 0.869. The van der Waals surface area contributed by atoms with Gasteiger partial charge in [0.2, 0.25) is 0 Å². The van der Waals surface area contributed by atoms with Gasteiger partial charge >= 0.3 is 0 Å². The van der Waals surface area contributed by atoms with Crippen LogP contribution in [0.3, 0.4) is 0 Å². The second kappa shape index (κ2) is 5.60. The van der Waals surface area contributed by atoms with Crippen molar-refractivity contribution < 1.29 is 0 Å². The molecule has 0 saturated heterocycles. The molecule has 1 aromatic heterocycles. The molecule has 1 heterocycles. The molecule has 0 bridgehead atoms. The van der Waals surface area contributed by atoms with Gasteiger partial charge in [-0.2, -0.15) is 0 Å². The molecule has 1 aromatic carbocycles. The number of pyridine rings is 1. The first-order chi connectivity index (χ1) is 8.31. The molecule has 1 unspecified atom stereocenters. The fourth-order valence-electron chi connectivity index (χ4n) is 1.97. The van der Waals surface area contributed by atoms with Crippen LogP contribution < -0.4 is 5.73 Å². The smallest absolute Gasteiger partial charge is 0.0346 e. The van der Waals surface area contributed by atoms with E-state index in [0.29, 0.717) is 5.92 Å². The minimum Gasteiger partial charge on any atom is -0.330 e. The molecule has 0 aliphatic rings. The van der Waals surface area contributed by atoms with Crippen LogP contribution in [0.2, 0.25) is 0 Å². The minimum absolute atomic E-state index is 0.511. The summed E-state index contributed by atoms with van der Waals surface area (Å²) in [6, 6.07) is 12.7. The van der Waals surface area contributed by atoms with Crippen LogP contribution in [0.25, 0.3) is 11.1 Å². The van der Waals surface area contributed by atoms with E-state index in [4.69, 9.17) is 5.73 Å². The third kappa shape index (κ3) is 2.92. The highest BCUT2D eigenvalue weighted by atomic mass is 14.6. The van der Waals surface area contributed by atoms with Crippen LogP contribution >= 0.6 is 0 Å². The Morgan fingerprint density at radius 3 is 2.71 bits per heavy atom. The van der Waals surface area contributed by atoms with Crippen molar-refractivity contribution in [2.24, 2.45) is 5.73 Å². The molecule has 0 spiro atoms. The van der Waals surface area contributed by atoms with E-state index in [-0.39, 0.29) is 0 Å². The van der Waals surface area contributed by atoms with Crippen molar-refractivity contribution in [1.29, 1.82) is 0 Å². The highest BCUT2D eigenvalue weighted by Crippen LogP contribution is 2.24. The maximum Gasteiger partial charge on any atom is 0.0346 e. The lowest BCUT2D eigenvalue weighted by molar-refractivity contribution is 0.690. The Bertz CT molecular complexity index is 465. The van der Waals surface area contributed by atoms with E-state index in [1.165, 1.54) is 11.1 Å². The Labute approximate surface area is 103 Å². The Hall–Kier alpha value is -1.67. The summed E-state index contributed by atoms with van der Waals surface area (Å²) in [5.74, 6) is 0.511. The predicted molar refractivity (Wildman–Crippen MR) is 71.8 cm³/mol. The van der Waals surface area contributed by atoms with Crippen molar-refractivity contribution in [3.63, 3.8) is 0 Å². The number of benzene rings is 1. The number of hydrogen-bond acceptors (Lipinski definition) is 2. The summed E-state index contributed by atoms with van der Waals surface area (Å²) in [5, 5.41) is 0. The lowest BCUT2D eigenvalue weighted by Crippen LogP contribution is -2.04. The van der Waals surface area contributed by atoms with E-state index in [0.717, 1.165) is 18.5 Å². The predicted octanol–water partition coefficient (Wildman–Crippen LogP) is 3.20. The molecule has 17 heavy (non-hydrogen) atoms. The summed E-state index contributed by atoms with van der Waals surface area (Å²) in [7, 11) is 0. The summed E-state index contributed by atoms with van der Waals surface area (Å²) in [6.45, 7) is 2.95. The van der Waals surface area contributed by atoms with Gasteiger partial charge in [0, 0.05) is 12.4 Å². The van der Waals surface area contributed by atoms with Gasteiger partial charge in [0.15, 0.2) is 0 Å². The number of rotatable bonds is 4. The second-order valence-corrected chi connectivity index (χ2v) is 4.35. The molecule has 0 aliphatic heterocycles. The van der Waals surface area contributed by atoms with E-state index in [2.05, 4.69) is 42.2 Å². The maximum atomic E-state index is 5.61. The first kappa shape index (κ1) is 11.8. The molecule has 1 atom stereocenters. The van der Waals surface area contributed by atoms with Crippen LogP contribution in [0.1, 0.15) is 24.8 Å². The SMILES string of the molecule is CC(CCN)c1cccc(-c2cccnc2)c1. The Morgan fingerprint density at radius 1 is 1.18 bits per heavy atom. The lowest BCUT2D eigenvalue weighted by atomic mass is 9.94. The molecule has 2 heteroatoms. The molecule has 0 aliphatic carbocycles. The van der Waals surface area contributed by atoms with Crippen LogP contribution in [-0.2, 0) is 0 Å².